The second-order valence-electron chi connectivity index (χ2n) is 4.73. The number of nitrogens with zero attached hydrogens (tertiary/aromatic N) is 2. The summed E-state index contributed by atoms with van der Waals surface area (Å²) in [4.78, 5) is 14.4. The third kappa shape index (κ3) is 1.82. The molecule has 0 saturated carbocycles. The summed E-state index contributed by atoms with van der Waals surface area (Å²) in [6.07, 6.45) is 2.07. The summed E-state index contributed by atoms with van der Waals surface area (Å²) in [5, 5.41) is 0. The molecule has 1 aromatic heterocycles. The molecule has 0 spiro atoms. The number of benzene rings is 1. The Balaban J connectivity index is 1.85. The maximum Gasteiger partial charge on any atom is 0.254 e. The first-order valence-electron chi connectivity index (χ1n) is 6.24. The highest BCUT2D eigenvalue weighted by Crippen LogP contribution is 2.17. The topological polar surface area (TPSA) is 25.2 Å². The summed E-state index contributed by atoms with van der Waals surface area (Å²) in [5.74, 6) is 0.139. The quantitative estimate of drug-likeness (QED) is 0.751. The summed E-state index contributed by atoms with van der Waals surface area (Å²) in [6.45, 7) is 4.37. The first-order chi connectivity index (χ1) is 8.75. The van der Waals surface area contributed by atoms with Crippen LogP contribution in [0.2, 0.25) is 0 Å². The second-order valence-corrected chi connectivity index (χ2v) is 4.73. The van der Waals surface area contributed by atoms with E-state index in [0.29, 0.717) is 6.54 Å². The monoisotopic (exact) mass is 240 g/mol. The van der Waals surface area contributed by atoms with E-state index in [0.717, 1.165) is 24.2 Å². The lowest BCUT2D eigenvalue weighted by atomic mass is 10.1. The van der Waals surface area contributed by atoms with Gasteiger partial charge in [-0.1, -0.05) is 18.2 Å². The zero-order valence-corrected chi connectivity index (χ0v) is 10.5. The van der Waals surface area contributed by atoms with Crippen LogP contribution in [-0.4, -0.2) is 21.9 Å². The van der Waals surface area contributed by atoms with Gasteiger partial charge in [0.1, 0.15) is 0 Å². The summed E-state index contributed by atoms with van der Waals surface area (Å²) in [7, 11) is 0. The molecule has 0 unspecified atom stereocenters. The number of carbonyl (C=O) groups excluding carboxylic acids is 1. The molecule has 0 N–H and O–H groups in total. The second kappa shape index (κ2) is 4.33. The molecule has 0 atom stereocenters. The fraction of sp³-hybridized carbons (Fsp3) is 0.267. The van der Waals surface area contributed by atoms with Crippen molar-refractivity contribution in [1.82, 2.24) is 9.47 Å². The van der Waals surface area contributed by atoms with E-state index in [1.165, 1.54) is 5.69 Å². The van der Waals surface area contributed by atoms with Crippen LogP contribution >= 0.6 is 0 Å². The first kappa shape index (κ1) is 11.1. The maximum absolute atomic E-state index is 12.5. The number of carbonyl (C=O) groups is 1. The Bertz CT molecular complexity index is 586. The minimum atomic E-state index is 0.139. The first-order valence-corrected chi connectivity index (χ1v) is 6.24. The molecular formula is C15H16N2O. The average Bonchev–Trinajstić information content (AvgIpc) is 2.85. The van der Waals surface area contributed by atoms with E-state index < -0.39 is 0 Å². The molecular weight excluding hydrogens is 224 g/mol. The zero-order valence-electron chi connectivity index (χ0n) is 10.5. The molecule has 3 nitrogen and oxygen atoms in total. The molecule has 0 fully saturated rings. The number of aromatic nitrogens is 1. The molecule has 1 aliphatic rings. The minimum Gasteiger partial charge on any atom is -0.348 e. The maximum atomic E-state index is 12.5. The van der Waals surface area contributed by atoms with Gasteiger partial charge in [0, 0.05) is 30.5 Å². The van der Waals surface area contributed by atoms with Crippen molar-refractivity contribution in [2.24, 2.45) is 0 Å². The predicted octanol–water partition coefficient (Wildman–Crippen LogP) is 2.45. The SMILES string of the molecule is Cc1ccccc1C(=O)N1CCn2cccc2C1. The van der Waals surface area contributed by atoms with Crippen molar-refractivity contribution >= 4 is 5.91 Å². The van der Waals surface area contributed by atoms with Gasteiger partial charge in [0.25, 0.3) is 5.91 Å². The van der Waals surface area contributed by atoms with Gasteiger partial charge in [-0.05, 0) is 30.7 Å². The largest absolute Gasteiger partial charge is 0.348 e. The Morgan fingerprint density at radius 3 is 2.78 bits per heavy atom. The molecule has 3 rings (SSSR count). The Morgan fingerprint density at radius 1 is 1.11 bits per heavy atom. The zero-order chi connectivity index (χ0) is 12.5. The van der Waals surface area contributed by atoms with Crippen LogP contribution in [0.4, 0.5) is 0 Å². The van der Waals surface area contributed by atoms with Crippen LogP contribution in [0, 0.1) is 6.92 Å². The van der Waals surface area contributed by atoms with Crippen molar-refractivity contribution < 1.29 is 4.79 Å². The fourth-order valence-corrected chi connectivity index (χ4v) is 2.47. The molecule has 1 aliphatic heterocycles. The van der Waals surface area contributed by atoms with E-state index in [-0.39, 0.29) is 5.91 Å². The Hall–Kier alpha value is -2.03. The van der Waals surface area contributed by atoms with Gasteiger partial charge in [0.05, 0.1) is 6.54 Å². The molecule has 0 bridgehead atoms. The third-order valence-electron chi connectivity index (χ3n) is 3.55. The molecule has 3 heteroatoms. The third-order valence-corrected chi connectivity index (χ3v) is 3.55. The van der Waals surface area contributed by atoms with Crippen LogP contribution in [0.3, 0.4) is 0 Å². The predicted molar refractivity (Wildman–Crippen MR) is 70.4 cm³/mol. The molecule has 1 aromatic carbocycles. The number of hydrogen-bond acceptors (Lipinski definition) is 1. The molecule has 92 valence electrons. The lowest BCUT2D eigenvalue weighted by Gasteiger charge is -2.29. The van der Waals surface area contributed by atoms with Gasteiger partial charge >= 0.3 is 0 Å². The fourth-order valence-electron chi connectivity index (χ4n) is 2.47. The summed E-state index contributed by atoms with van der Waals surface area (Å²) < 4.78 is 2.21. The summed E-state index contributed by atoms with van der Waals surface area (Å²) in [6, 6.07) is 11.9. The van der Waals surface area contributed by atoms with Crippen molar-refractivity contribution in [3.8, 4) is 0 Å². The van der Waals surface area contributed by atoms with Gasteiger partial charge in [0.2, 0.25) is 0 Å². The van der Waals surface area contributed by atoms with Crippen molar-refractivity contribution in [2.45, 2.75) is 20.0 Å². The highest BCUT2D eigenvalue weighted by molar-refractivity contribution is 5.95. The Kier molecular flexibility index (Phi) is 2.67. The molecule has 0 aliphatic carbocycles. The Labute approximate surface area is 107 Å². The van der Waals surface area contributed by atoms with Crippen LogP contribution < -0.4 is 0 Å². The van der Waals surface area contributed by atoms with Gasteiger partial charge in [-0.25, -0.2) is 0 Å². The van der Waals surface area contributed by atoms with Crippen molar-refractivity contribution in [3.05, 3.63) is 59.4 Å². The van der Waals surface area contributed by atoms with Gasteiger partial charge in [-0.15, -0.1) is 0 Å². The number of amides is 1. The lowest BCUT2D eigenvalue weighted by Crippen LogP contribution is -2.38. The lowest BCUT2D eigenvalue weighted by molar-refractivity contribution is 0.0710. The van der Waals surface area contributed by atoms with Crippen LogP contribution in [0.25, 0.3) is 0 Å². The van der Waals surface area contributed by atoms with Crippen LogP contribution in [0.15, 0.2) is 42.6 Å². The number of rotatable bonds is 1. The summed E-state index contributed by atoms with van der Waals surface area (Å²) in [5.41, 5.74) is 3.07. The van der Waals surface area contributed by atoms with Crippen molar-refractivity contribution in [1.29, 1.82) is 0 Å². The molecule has 1 amide bonds. The highest BCUT2D eigenvalue weighted by atomic mass is 16.2. The van der Waals surface area contributed by atoms with Crippen molar-refractivity contribution in [2.75, 3.05) is 6.54 Å². The number of fused-ring (bicyclic) bond motifs is 1. The normalized spacial score (nSPS) is 14.4. The van der Waals surface area contributed by atoms with E-state index in [4.69, 9.17) is 0 Å². The molecule has 0 radical (unpaired) electrons. The van der Waals surface area contributed by atoms with Gasteiger partial charge in [-0.2, -0.15) is 0 Å². The van der Waals surface area contributed by atoms with Crippen LogP contribution in [0.5, 0.6) is 0 Å². The van der Waals surface area contributed by atoms with Crippen molar-refractivity contribution in [3.63, 3.8) is 0 Å². The van der Waals surface area contributed by atoms with Gasteiger partial charge < -0.3 is 9.47 Å². The molecule has 2 heterocycles. The molecule has 0 saturated heterocycles. The van der Waals surface area contributed by atoms with E-state index in [1.807, 2.05) is 42.2 Å². The average molecular weight is 240 g/mol. The number of aryl methyl sites for hydroxylation is 1. The number of hydrogen-bond donors (Lipinski definition) is 0. The standard InChI is InChI=1S/C15H16N2O/c1-12-5-2-3-7-14(12)15(18)17-10-9-16-8-4-6-13(16)11-17/h2-8H,9-11H2,1H3. The molecule has 18 heavy (non-hydrogen) atoms. The van der Waals surface area contributed by atoms with Gasteiger partial charge in [0.15, 0.2) is 0 Å². The summed E-state index contributed by atoms with van der Waals surface area (Å²) >= 11 is 0. The van der Waals surface area contributed by atoms with E-state index in [1.54, 1.807) is 0 Å². The van der Waals surface area contributed by atoms with E-state index in [2.05, 4.69) is 16.8 Å². The van der Waals surface area contributed by atoms with Crippen LogP contribution in [0.1, 0.15) is 21.6 Å². The minimum absolute atomic E-state index is 0.139. The molecule has 2 aromatic rings. The van der Waals surface area contributed by atoms with Crippen LogP contribution in [-0.2, 0) is 13.1 Å². The Morgan fingerprint density at radius 2 is 1.94 bits per heavy atom. The van der Waals surface area contributed by atoms with E-state index >= 15 is 0 Å². The highest BCUT2D eigenvalue weighted by Gasteiger charge is 2.21. The van der Waals surface area contributed by atoms with Gasteiger partial charge in [-0.3, -0.25) is 4.79 Å². The smallest absolute Gasteiger partial charge is 0.254 e. The van der Waals surface area contributed by atoms with E-state index in [9.17, 15) is 4.79 Å².